The van der Waals surface area contributed by atoms with Crippen LogP contribution in [0.3, 0.4) is 0 Å². The van der Waals surface area contributed by atoms with Crippen molar-refractivity contribution >= 4 is 17.4 Å². The van der Waals surface area contributed by atoms with Crippen LogP contribution >= 0.6 is 0 Å². The number of nitro benzene ring substituents is 1. The van der Waals surface area contributed by atoms with Crippen LogP contribution in [-0.2, 0) is 4.74 Å². The van der Waals surface area contributed by atoms with E-state index in [1.54, 1.807) is 13.8 Å². The highest BCUT2D eigenvalue weighted by atomic mass is 16.6. The lowest BCUT2D eigenvalue weighted by Crippen LogP contribution is -2.25. The Labute approximate surface area is 155 Å². The van der Waals surface area contributed by atoms with Crippen molar-refractivity contribution in [2.24, 2.45) is 0 Å². The van der Waals surface area contributed by atoms with Crippen molar-refractivity contribution in [1.29, 1.82) is 0 Å². The van der Waals surface area contributed by atoms with E-state index < -0.39 is 22.8 Å². The second kappa shape index (κ2) is 7.90. The molecule has 144 valence electrons. The number of methoxy groups -OCH3 is 2. The molecule has 0 aliphatic rings. The molecule has 2 aromatic rings. The molecule has 27 heavy (non-hydrogen) atoms. The number of aromatic amines is 1. The molecule has 0 aliphatic heterocycles. The summed E-state index contributed by atoms with van der Waals surface area (Å²) >= 11 is 0. The third kappa shape index (κ3) is 3.91. The molecule has 0 fully saturated rings. The van der Waals surface area contributed by atoms with Crippen molar-refractivity contribution in [3.63, 3.8) is 0 Å². The van der Waals surface area contributed by atoms with Crippen LogP contribution in [0.25, 0.3) is 0 Å². The van der Waals surface area contributed by atoms with E-state index in [2.05, 4.69) is 4.98 Å². The number of nitrogens with zero attached hydrogens (tertiary/aromatic N) is 1. The first kappa shape index (κ1) is 20.0. The Hall–Kier alpha value is -3.36. The van der Waals surface area contributed by atoms with Crippen LogP contribution in [0.2, 0.25) is 0 Å². The second-order valence-corrected chi connectivity index (χ2v) is 5.83. The standard InChI is InChI=1S/C18H20N2O7/c1-9-15(18(22)26-5)10(2)19-16(9)17(21)11(3)27-14-7-6-12(25-4)8-13(14)20(23)24/h6-8,11,19H,1-5H3/t11-/m0/s1. The third-order valence-electron chi connectivity index (χ3n) is 4.11. The quantitative estimate of drug-likeness (QED) is 0.341. The predicted octanol–water partition coefficient (Wildman–Crippen LogP) is 2.99. The molecule has 9 heteroatoms. The van der Waals surface area contributed by atoms with Crippen molar-refractivity contribution < 1.29 is 28.7 Å². The maximum absolute atomic E-state index is 12.7. The molecule has 0 radical (unpaired) electrons. The molecule has 0 unspecified atom stereocenters. The minimum absolute atomic E-state index is 0.0595. The fourth-order valence-corrected chi connectivity index (χ4v) is 2.72. The fourth-order valence-electron chi connectivity index (χ4n) is 2.72. The minimum atomic E-state index is -1.03. The lowest BCUT2D eigenvalue weighted by Gasteiger charge is -2.14. The maximum atomic E-state index is 12.7. The lowest BCUT2D eigenvalue weighted by atomic mass is 10.1. The van der Waals surface area contributed by atoms with Gasteiger partial charge in [0.25, 0.3) is 0 Å². The Bertz CT molecular complexity index is 901. The summed E-state index contributed by atoms with van der Waals surface area (Å²) in [6, 6.07) is 4.08. The molecule has 0 saturated heterocycles. The molecule has 9 nitrogen and oxygen atoms in total. The molecule has 1 heterocycles. The first-order valence-electron chi connectivity index (χ1n) is 8.02. The number of rotatable bonds is 7. The van der Waals surface area contributed by atoms with Crippen LogP contribution in [0, 0.1) is 24.0 Å². The normalized spacial score (nSPS) is 11.6. The molecule has 0 saturated carbocycles. The average Bonchev–Trinajstić information content (AvgIpc) is 2.94. The lowest BCUT2D eigenvalue weighted by molar-refractivity contribution is -0.386. The Balaban J connectivity index is 2.32. The van der Waals surface area contributed by atoms with Crippen molar-refractivity contribution in [3.05, 3.63) is 50.8 Å². The number of aromatic nitrogens is 1. The third-order valence-corrected chi connectivity index (χ3v) is 4.11. The van der Waals surface area contributed by atoms with E-state index in [-0.39, 0.29) is 22.7 Å². The Morgan fingerprint density at radius 1 is 1.22 bits per heavy atom. The van der Waals surface area contributed by atoms with Crippen LogP contribution in [0.1, 0.15) is 39.0 Å². The summed E-state index contributed by atoms with van der Waals surface area (Å²) in [6.07, 6.45) is -1.03. The van der Waals surface area contributed by atoms with E-state index in [1.807, 2.05) is 0 Å². The van der Waals surface area contributed by atoms with Gasteiger partial charge in [-0.05, 0) is 38.5 Å². The van der Waals surface area contributed by atoms with E-state index in [4.69, 9.17) is 14.2 Å². The summed E-state index contributed by atoms with van der Waals surface area (Å²) in [5.74, 6) is -0.766. The van der Waals surface area contributed by atoms with Gasteiger partial charge < -0.3 is 19.2 Å². The highest BCUT2D eigenvalue weighted by Gasteiger charge is 2.28. The fraction of sp³-hybridized carbons (Fsp3) is 0.333. The number of carbonyl (C=O) groups is 2. The zero-order valence-electron chi connectivity index (χ0n) is 15.6. The zero-order chi connectivity index (χ0) is 20.3. The Kier molecular flexibility index (Phi) is 5.84. The SMILES string of the molecule is COC(=O)c1c(C)[nH]c(C(=O)[C@H](C)Oc2ccc(OC)cc2[N+](=O)[O-])c1C. The van der Waals surface area contributed by atoms with Crippen LogP contribution < -0.4 is 9.47 Å². The monoisotopic (exact) mass is 376 g/mol. The molecule has 0 bridgehead atoms. The number of aryl methyl sites for hydroxylation is 1. The molecule has 1 N–H and O–H groups in total. The van der Waals surface area contributed by atoms with Crippen LogP contribution in [0.4, 0.5) is 5.69 Å². The van der Waals surface area contributed by atoms with Gasteiger partial charge in [0.1, 0.15) is 5.75 Å². The summed E-state index contributed by atoms with van der Waals surface area (Å²) in [4.78, 5) is 38.1. The van der Waals surface area contributed by atoms with E-state index in [0.717, 1.165) is 0 Å². The van der Waals surface area contributed by atoms with Gasteiger partial charge in [0.15, 0.2) is 11.9 Å². The molecule has 0 spiro atoms. The highest BCUT2D eigenvalue weighted by Crippen LogP contribution is 2.32. The van der Waals surface area contributed by atoms with E-state index in [0.29, 0.717) is 17.0 Å². The molecule has 0 aliphatic carbocycles. The molecule has 1 aromatic carbocycles. The van der Waals surface area contributed by atoms with Gasteiger partial charge in [-0.1, -0.05) is 0 Å². The number of nitro groups is 1. The van der Waals surface area contributed by atoms with Gasteiger partial charge in [0.05, 0.1) is 36.5 Å². The number of hydrogen-bond donors (Lipinski definition) is 1. The van der Waals surface area contributed by atoms with Crippen molar-refractivity contribution in [2.75, 3.05) is 14.2 Å². The number of ether oxygens (including phenoxy) is 3. The summed E-state index contributed by atoms with van der Waals surface area (Å²) in [5, 5.41) is 11.2. The number of H-pyrrole nitrogens is 1. The van der Waals surface area contributed by atoms with Gasteiger partial charge in [-0.2, -0.15) is 0 Å². The van der Waals surface area contributed by atoms with E-state index >= 15 is 0 Å². The average molecular weight is 376 g/mol. The molecule has 2 rings (SSSR count). The highest BCUT2D eigenvalue weighted by molar-refractivity contribution is 6.03. The van der Waals surface area contributed by atoms with Gasteiger partial charge in [-0.25, -0.2) is 4.79 Å². The summed E-state index contributed by atoms with van der Waals surface area (Å²) in [6.45, 7) is 4.74. The number of Topliss-reactive ketones (excluding diaryl/α,β-unsaturated/α-hetero) is 1. The number of carbonyl (C=O) groups excluding carboxylic acids is 2. The van der Waals surface area contributed by atoms with E-state index in [9.17, 15) is 19.7 Å². The van der Waals surface area contributed by atoms with Gasteiger partial charge in [0, 0.05) is 5.69 Å². The Morgan fingerprint density at radius 2 is 1.89 bits per heavy atom. The summed E-state index contributed by atoms with van der Waals surface area (Å²) in [5.41, 5.74) is 1.08. The molecule has 1 aromatic heterocycles. The molecule has 0 amide bonds. The molecular formula is C18H20N2O7. The van der Waals surface area contributed by atoms with Crippen molar-refractivity contribution in [2.45, 2.75) is 26.9 Å². The van der Waals surface area contributed by atoms with Crippen LogP contribution in [-0.4, -0.2) is 42.0 Å². The maximum Gasteiger partial charge on any atom is 0.339 e. The number of nitrogens with one attached hydrogen (secondary N) is 1. The van der Waals surface area contributed by atoms with Gasteiger partial charge in [-0.15, -0.1) is 0 Å². The van der Waals surface area contributed by atoms with Crippen LogP contribution in [0.5, 0.6) is 11.5 Å². The number of benzene rings is 1. The first-order chi connectivity index (χ1) is 12.7. The minimum Gasteiger partial charge on any atom is -0.496 e. The van der Waals surface area contributed by atoms with Gasteiger partial charge >= 0.3 is 11.7 Å². The predicted molar refractivity (Wildman–Crippen MR) is 95.7 cm³/mol. The second-order valence-electron chi connectivity index (χ2n) is 5.83. The van der Waals surface area contributed by atoms with Gasteiger partial charge in [0.2, 0.25) is 5.78 Å². The van der Waals surface area contributed by atoms with Crippen molar-refractivity contribution in [1.82, 2.24) is 4.98 Å². The molecular weight excluding hydrogens is 356 g/mol. The Morgan fingerprint density at radius 3 is 2.44 bits per heavy atom. The van der Waals surface area contributed by atoms with Crippen molar-refractivity contribution in [3.8, 4) is 11.5 Å². The first-order valence-corrected chi connectivity index (χ1v) is 8.02. The largest absolute Gasteiger partial charge is 0.496 e. The number of hydrogen-bond acceptors (Lipinski definition) is 7. The van der Waals surface area contributed by atoms with E-state index in [1.165, 1.54) is 39.3 Å². The summed E-state index contributed by atoms with van der Waals surface area (Å²) in [7, 11) is 2.64. The number of ketones is 1. The topological polar surface area (TPSA) is 121 Å². The van der Waals surface area contributed by atoms with Gasteiger partial charge in [-0.3, -0.25) is 14.9 Å². The molecule has 1 atom stereocenters. The van der Waals surface area contributed by atoms with Crippen LogP contribution in [0.15, 0.2) is 18.2 Å². The smallest absolute Gasteiger partial charge is 0.339 e. The number of esters is 1. The zero-order valence-corrected chi connectivity index (χ0v) is 15.6. The summed E-state index contributed by atoms with van der Waals surface area (Å²) < 4.78 is 15.2.